The molecule has 1 atom stereocenters. The van der Waals surface area contributed by atoms with E-state index in [0.717, 1.165) is 0 Å². The second-order valence-electron chi connectivity index (χ2n) is 2.87. The van der Waals surface area contributed by atoms with Gasteiger partial charge in [-0.1, -0.05) is 5.92 Å². The minimum atomic E-state index is -2.20. The van der Waals surface area contributed by atoms with Crippen molar-refractivity contribution in [1.29, 1.82) is 0 Å². The number of hydrogen-bond acceptors (Lipinski definition) is 1. The van der Waals surface area contributed by atoms with Crippen molar-refractivity contribution in [3.63, 3.8) is 0 Å². The van der Waals surface area contributed by atoms with E-state index in [4.69, 9.17) is 6.42 Å². The molecule has 1 aromatic carbocycles. The van der Waals surface area contributed by atoms with Crippen LogP contribution >= 0.6 is 0 Å². The lowest BCUT2D eigenvalue weighted by Crippen LogP contribution is -2.20. The zero-order valence-electron chi connectivity index (χ0n) is 8.04. The van der Waals surface area contributed by atoms with Crippen LogP contribution in [-0.2, 0) is 0 Å². The van der Waals surface area contributed by atoms with Gasteiger partial charge in [-0.2, -0.15) is 0 Å². The van der Waals surface area contributed by atoms with E-state index in [1.165, 1.54) is 7.05 Å². The van der Waals surface area contributed by atoms with Gasteiger partial charge in [0.1, 0.15) is 6.04 Å². The molecular weight excluding hydrogens is 229 g/mol. The van der Waals surface area contributed by atoms with Crippen molar-refractivity contribution in [2.24, 2.45) is 0 Å². The predicted molar refractivity (Wildman–Crippen MR) is 46.9 cm³/mol. The fraction of sp³-hybridized carbons (Fsp3) is 0.200. The molecule has 0 heterocycles. The van der Waals surface area contributed by atoms with Crippen LogP contribution in [0.2, 0.25) is 0 Å². The lowest BCUT2D eigenvalue weighted by molar-refractivity contribution is 0.365. The molecule has 0 radical (unpaired) electrons. The van der Waals surface area contributed by atoms with Gasteiger partial charge < -0.3 is 5.32 Å². The van der Waals surface area contributed by atoms with Crippen LogP contribution in [0, 0.1) is 41.4 Å². The molecule has 0 bridgehead atoms. The molecule has 0 aromatic heterocycles. The maximum Gasteiger partial charge on any atom is 0.200 e. The third-order valence-electron chi connectivity index (χ3n) is 1.99. The predicted octanol–water partition coefficient (Wildman–Crippen LogP) is 2.28. The molecular formula is C10H6F5N. The van der Waals surface area contributed by atoms with E-state index in [1.807, 2.05) is 5.92 Å². The van der Waals surface area contributed by atoms with Crippen molar-refractivity contribution in [2.45, 2.75) is 6.04 Å². The van der Waals surface area contributed by atoms with Crippen molar-refractivity contribution < 1.29 is 22.0 Å². The van der Waals surface area contributed by atoms with Gasteiger partial charge in [0.15, 0.2) is 23.3 Å². The first kappa shape index (κ1) is 12.5. The highest BCUT2D eigenvalue weighted by Crippen LogP contribution is 2.27. The summed E-state index contributed by atoms with van der Waals surface area (Å²) in [6.07, 6.45) is 4.91. The van der Waals surface area contributed by atoms with Crippen molar-refractivity contribution in [2.75, 3.05) is 7.05 Å². The molecule has 1 aromatic rings. The molecule has 0 saturated carbocycles. The number of nitrogens with one attached hydrogen (secondary N) is 1. The van der Waals surface area contributed by atoms with E-state index in [-0.39, 0.29) is 0 Å². The van der Waals surface area contributed by atoms with Gasteiger partial charge >= 0.3 is 0 Å². The van der Waals surface area contributed by atoms with Crippen LogP contribution < -0.4 is 5.32 Å². The summed E-state index contributed by atoms with van der Waals surface area (Å²) in [5.41, 5.74) is -1.05. The first-order valence-electron chi connectivity index (χ1n) is 4.10. The summed E-state index contributed by atoms with van der Waals surface area (Å²) in [5.74, 6) is -8.19. The molecule has 0 aliphatic carbocycles. The third-order valence-corrected chi connectivity index (χ3v) is 1.99. The van der Waals surface area contributed by atoms with Crippen LogP contribution in [0.4, 0.5) is 22.0 Å². The Morgan fingerprint density at radius 1 is 0.938 bits per heavy atom. The lowest BCUT2D eigenvalue weighted by Gasteiger charge is -2.13. The Labute approximate surface area is 88.3 Å². The summed E-state index contributed by atoms with van der Waals surface area (Å²) in [6.45, 7) is 0. The quantitative estimate of drug-likeness (QED) is 0.359. The second-order valence-corrected chi connectivity index (χ2v) is 2.87. The van der Waals surface area contributed by atoms with Crippen LogP contribution in [-0.4, -0.2) is 7.05 Å². The summed E-state index contributed by atoms with van der Waals surface area (Å²) in [5, 5.41) is 2.25. The summed E-state index contributed by atoms with van der Waals surface area (Å²) >= 11 is 0. The van der Waals surface area contributed by atoms with Crippen LogP contribution in [0.25, 0.3) is 0 Å². The molecule has 16 heavy (non-hydrogen) atoms. The largest absolute Gasteiger partial charge is 0.303 e. The number of halogens is 5. The van der Waals surface area contributed by atoms with Crippen LogP contribution in [0.15, 0.2) is 0 Å². The molecule has 0 spiro atoms. The van der Waals surface area contributed by atoms with Gasteiger partial charge in [0.25, 0.3) is 0 Å². The first-order chi connectivity index (χ1) is 7.45. The topological polar surface area (TPSA) is 12.0 Å². The summed E-state index contributed by atoms with van der Waals surface area (Å²) in [7, 11) is 1.24. The Morgan fingerprint density at radius 3 is 1.62 bits per heavy atom. The Morgan fingerprint density at radius 2 is 1.31 bits per heavy atom. The zero-order chi connectivity index (χ0) is 12.5. The van der Waals surface area contributed by atoms with Gasteiger partial charge in [0.05, 0.1) is 5.56 Å². The Bertz CT molecular complexity index is 434. The standard InChI is InChI=1S/C10H6F5N/c1-3-4(16-2)5-6(11)8(13)10(15)9(14)7(5)12/h1,4,16H,2H3. The zero-order valence-corrected chi connectivity index (χ0v) is 8.04. The summed E-state index contributed by atoms with van der Waals surface area (Å²) in [4.78, 5) is 0. The first-order valence-corrected chi connectivity index (χ1v) is 4.10. The molecule has 1 N–H and O–H groups in total. The van der Waals surface area contributed by atoms with Crippen molar-refractivity contribution in [3.8, 4) is 12.3 Å². The maximum atomic E-state index is 13.2. The van der Waals surface area contributed by atoms with E-state index in [9.17, 15) is 22.0 Å². The Hall–Kier alpha value is -1.61. The fourth-order valence-electron chi connectivity index (χ4n) is 1.19. The van der Waals surface area contributed by atoms with Crippen LogP contribution in [0.3, 0.4) is 0 Å². The highest BCUT2D eigenvalue weighted by molar-refractivity contribution is 5.31. The smallest absolute Gasteiger partial charge is 0.200 e. The van der Waals surface area contributed by atoms with Crippen molar-refractivity contribution >= 4 is 0 Å². The molecule has 1 nitrogen and oxygen atoms in total. The molecule has 0 amide bonds. The Balaban J connectivity index is 3.58. The molecule has 0 aliphatic rings. The fourth-order valence-corrected chi connectivity index (χ4v) is 1.19. The van der Waals surface area contributed by atoms with Crippen LogP contribution in [0.5, 0.6) is 0 Å². The minimum absolute atomic E-state index is 1.05. The van der Waals surface area contributed by atoms with Gasteiger partial charge in [-0.25, -0.2) is 22.0 Å². The van der Waals surface area contributed by atoms with E-state index < -0.39 is 40.7 Å². The SMILES string of the molecule is C#CC(NC)c1c(F)c(F)c(F)c(F)c1F. The van der Waals surface area contributed by atoms with Crippen LogP contribution in [0.1, 0.15) is 11.6 Å². The van der Waals surface area contributed by atoms with E-state index in [0.29, 0.717) is 0 Å². The highest BCUT2D eigenvalue weighted by atomic mass is 19.2. The molecule has 1 rings (SSSR count). The summed E-state index contributed by atoms with van der Waals surface area (Å²) < 4.78 is 64.6. The molecule has 1 unspecified atom stereocenters. The Kier molecular flexibility index (Phi) is 3.50. The van der Waals surface area contributed by atoms with Gasteiger partial charge in [0.2, 0.25) is 5.82 Å². The van der Waals surface area contributed by atoms with E-state index in [1.54, 1.807) is 0 Å². The van der Waals surface area contributed by atoms with E-state index in [2.05, 4.69) is 5.32 Å². The number of hydrogen-bond donors (Lipinski definition) is 1. The number of benzene rings is 1. The summed E-state index contributed by atoms with van der Waals surface area (Å²) in [6, 6.07) is -1.38. The molecule has 0 aliphatic heterocycles. The monoisotopic (exact) mass is 235 g/mol. The highest BCUT2D eigenvalue weighted by Gasteiger charge is 2.28. The van der Waals surface area contributed by atoms with Gasteiger partial charge in [-0.3, -0.25) is 0 Å². The van der Waals surface area contributed by atoms with Gasteiger partial charge in [-0.15, -0.1) is 6.42 Å². The third kappa shape index (κ3) is 1.74. The second kappa shape index (κ2) is 4.49. The molecule has 86 valence electrons. The molecule has 0 fully saturated rings. The molecule has 0 saturated heterocycles. The number of terminal acetylenes is 1. The van der Waals surface area contributed by atoms with Gasteiger partial charge in [0, 0.05) is 0 Å². The van der Waals surface area contributed by atoms with E-state index >= 15 is 0 Å². The van der Waals surface area contributed by atoms with Crippen molar-refractivity contribution in [3.05, 3.63) is 34.6 Å². The van der Waals surface area contributed by atoms with Gasteiger partial charge in [-0.05, 0) is 7.05 Å². The average Bonchev–Trinajstić information content (AvgIpc) is 2.29. The maximum absolute atomic E-state index is 13.2. The lowest BCUT2D eigenvalue weighted by atomic mass is 10.1. The number of rotatable bonds is 2. The normalized spacial score (nSPS) is 12.3. The molecule has 6 heteroatoms. The van der Waals surface area contributed by atoms with Crippen molar-refractivity contribution in [1.82, 2.24) is 5.32 Å². The average molecular weight is 235 g/mol. The minimum Gasteiger partial charge on any atom is -0.303 e.